The van der Waals surface area contributed by atoms with Crippen molar-refractivity contribution in [3.63, 3.8) is 0 Å². The molecule has 0 heterocycles. The molecule has 0 atom stereocenters. The predicted molar refractivity (Wildman–Crippen MR) is 55.0 cm³/mol. The van der Waals surface area contributed by atoms with Crippen LogP contribution in [-0.4, -0.2) is 16.9 Å². The molecule has 0 aliphatic heterocycles. The first-order valence-corrected chi connectivity index (χ1v) is 5.20. The van der Waals surface area contributed by atoms with E-state index in [9.17, 15) is 10.1 Å². The summed E-state index contributed by atoms with van der Waals surface area (Å²) in [7, 11) is 0. The van der Waals surface area contributed by atoms with Crippen molar-refractivity contribution in [3.05, 3.63) is 52.1 Å². The second-order valence-corrected chi connectivity index (χ2v) is 3.42. The molecule has 0 bridgehead atoms. The molecule has 0 radical (unpaired) electrons. The predicted octanol–water partition coefficient (Wildman–Crippen LogP) is 2.21. The summed E-state index contributed by atoms with van der Waals surface area (Å²) in [5.74, 6) is 0.928. The standard InChI is InChI=1S/C9H10NO2S/c1-13-7-6-8-2-4-9(5-3-8)10(11)12/h2-6H,7H2,1H3/q+1. The highest BCUT2D eigenvalue weighted by Gasteiger charge is 2.17. The van der Waals surface area contributed by atoms with Gasteiger partial charge >= 0.3 is 5.70 Å². The Labute approximate surface area is 81.4 Å². The Kier molecular flexibility index (Phi) is 3.64. The number of thioether (sulfide) groups is 1. The fourth-order valence-electron chi connectivity index (χ4n) is 0.912. The van der Waals surface area contributed by atoms with Gasteiger partial charge in [-0.15, -0.1) is 0 Å². The van der Waals surface area contributed by atoms with E-state index in [0.717, 1.165) is 11.3 Å². The van der Waals surface area contributed by atoms with Gasteiger partial charge in [0.15, 0.2) is 0 Å². The molecule has 0 saturated carbocycles. The van der Waals surface area contributed by atoms with Gasteiger partial charge in [-0.1, -0.05) is 0 Å². The van der Waals surface area contributed by atoms with Gasteiger partial charge in [0.1, 0.15) is 17.1 Å². The van der Waals surface area contributed by atoms with Crippen LogP contribution in [0.25, 0.3) is 0 Å². The van der Waals surface area contributed by atoms with E-state index in [2.05, 4.69) is 0 Å². The van der Waals surface area contributed by atoms with Gasteiger partial charge < -0.3 is 0 Å². The summed E-state index contributed by atoms with van der Waals surface area (Å²) in [6, 6.07) is 0. The molecule has 0 unspecified atom stereocenters. The lowest BCUT2D eigenvalue weighted by molar-refractivity contribution is -0.419. The maximum Gasteiger partial charge on any atom is 0.345 e. The van der Waals surface area contributed by atoms with E-state index in [-0.39, 0.29) is 5.70 Å². The van der Waals surface area contributed by atoms with Crippen molar-refractivity contribution in [2.24, 2.45) is 0 Å². The smallest absolute Gasteiger partial charge is 0.249 e. The monoisotopic (exact) mass is 196 g/mol. The Bertz CT molecular complexity index is 292. The minimum absolute atomic E-state index is 0.140. The summed E-state index contributed by atoms with van der Waals surface area (Å²) in [4.78, 5) is 9.93. The van der Waals surface area contributed by atoms with E-state index in [0.29, 0.717) is 0 Å². The van der Waals surface area contributed by atoms with Gasteiger partial charge in [-0.2, -0.15) is 11.8 Å². The third-order valence-electron chi connectivity index (χ3n) is 1.59. The van der Waals surface area contributed by atoms with E-state index in [1.807, 2.05) is 12.3 Å². The normalized spacial score (nSPS) is 18.2. The van der Waals surface area contributed by atoms with Crippen LogP contribution in [0.3, 0.4) is 0 Å². The molecule has 4 heteroatoms. The molecule has 0 spiro atoms. The zero-order chi connectivity index (χ0) is 9.68. The molecule has 1 aliphatic rings. The third-order valence-corrected chi connectivity index (χ3v) is 2.09. The Hall–Kier alpha value is -1.16. The lowest BCUT2D eigenvalue weighted by Crippen LogP contribution is -1.99. The first-order chi connectivity index (χ1) is 6.24. The molecule has 3 nitrogen and oxygen atoms in total. The summed E-state index contributed by atoms with van der Waals surface area (Å²) in [6.45, 7) is 0. The highest BCUT2D eigenvalue weighted by molar-refractivity contribution is 7.98. The fourth-order valence-corrected chi connectivity index (χ4v) is 1.27. The summed E-state index contributed by atoms with van der Waals surface area (Å²) in [5.41, 5.74) is 1.17. The molecule has 0 aromatic rings. The van der Waals surface area contributed by atoms with Gasteiger partial charge in [-0.3, -0.25) is 0 Å². The number of nitro groups is 1. The zero-order valence-electron chi connectivity index (χ0n) is 7.27. The van der Waals surface area contributed by atoms with Gasteiger partial charge in [0.2, 0.25) is 0 Å². The molecule has 0 N–H and O–H groups in total. The zero-order valence-corrected chi connectivity index (χ0v) is 8.08. The molecule has 1 rings (SSSR count). The number of hydrogen-bond donors (Lipinski definition) is 0. The molecule has 0 fully saturated rings. The molecule has 0 aromatic carbocycles. The van der Waals surface area contributed by atoms with Crippen LogP contribution in [0.2, 0.25) is 0 Å². The van der Waals surface area contributed by atoms with Crippen LogP contribution in [0.15, 0.2) is 35.6 Å². The largest absolute Gasteiger partial charge is 0.345 e. The average Bonchev–Trinajstić information content (AvgIpc) is 2.15. The van der Waals surface area contributed by atoms with Gasteiger partial charge in [0.05, 0.1) is 5.57 Å². The SMILES string of the molecule is CSC/C=C1\C=CC([N+](=O)[O-])=C[CH+]1. The number of hydrogen-bond acceptors (Lipinski definition) is 3. The summed E-state index contributed by atoms with van der Waals surface area (Å²) in [6.07, 6.45) is 10.6. The van der Waals surface area contributed by atoms with Crippen LogP contribution in [0.1, 0.15) is 0 Å². The summed E-state index contributed by atoms with van der Waals surface area (Å²) >= 11 is 1.72. The average molecular weight is 196 g/mol. The molecule has 13 heavy (non-hydrogen) atoms. The highest BCUT2D eigenvalue weighted by Crippen LogP contribution is 2.15. The Morgan fingerprint density at radius 1 is 1.69 bits per heavy atom. The van der Waals surface area contributed by atoms with E-state index in [4.69, 9.17) is 0 Å². The molecule has 0 aromatic heterocycles. The van der Waals surface area contributed by atoms with E-state index in [1.165, 1.54) is 12.2 Å². The molecule has 68 valence electrons. The lowest BCUT2D eigenvalue weighted by atomic mass is 10.1. The number of allylic oxidation sites excluding steroid dienone is 4. The Morgan fingerprint density at radius 3 is 2.92 bits per heavy atom. The first-order valence-electron chi connectivity index (χ1n) is 3.80. The lowest BCUT2D eigenvalue weighted by Gasteiger charge is -1.94. The molecule has 0 saturated heterocycles. The summed E-state index contributed by atoms with van der Waals surface area (Å²) in [5, 5.41) is 10.3. The van der Waals surface area contributed by atoms with Gasteiger partial charge in [0.25, 0.3) is 0 Å². The van der Waals surface area contributed by atoms with Crippen LogP contribution in [-0.2, 0) is 0 Å². The molecule has 0 amide bonds. The maximum atomic E-state index is 10.3. The van der Waals surface area contributed by atoms with Crippen molar-refractivity contribution < 1.29 is 4.92 Å². The molecular weight excluding hydrogens is 186 g/mol. The number of rotatable bonds is 3. The van der Waals surface area contributed by atoms with Crippen LogP contribution in [0.5, 0.6) is 0 Å². The maximum absolute atomic E-state index is 10.3. The van der Waals surface area contributed by atoms with E-state index in [1.54, 1.807) is 24.3 Å². The third kappa shape index (κ3) is 2.99. The Balaban J connectivity index is 2.58. The van der Waals surface area contributed by atoms with Crippen LogP contribution in [0, 0.1) is 16.5 Å². The second kappa shape index (κ2) is 4.77. The van der Waals surface area contributed by atoms with Crippen LogP contribution >= 0.6 is 11.8 Å². The van der Waals surface area contributed by atoms with Crippen molar-refractivity contribution in [2.45, 2.75) is 0 Å². The fraction of sp³-hybridized carbons (Fsp3) is 0.222. The van der Waals surface area contributed by atoms with Crippen molar-refractivity contribution in [3.8, 4) is 0 Å². The summed E-state index contributed by atoms with van der Waals surface area (Å²) < 4.78 is 0. The topological polar surface area (TPSA) is 43.1 Å². The van der Waals surface area contributed by atoms with Crippen molar-refractivity contribution >= 4 is 11.8 Å². The van der Waals surface area contributed by atoms with Crippen molar-refractivity contribution in [1.29, 1.82) is 0 Å². The minimum atomic E-state index is -0.391. The van der Waals surface area contributed by atoms with Crippen molar-refractivity contribution in [1.82, 2.24) is 0 Å². The minimum Gasteiger partial charge on any atom is -0.249 e. The van der Waals surface area contributed by atoms with Crippen molar-refractivity contribution in [2.75, 3.05) is 12.0 Å². The first kappa shape index (κ1) is 9.92. The van der Waals surface area contributed by atoms with Gasteiger partial charge in [-0.25, -0.2) is 10.1 Å². The second-order valence-electron chi connectivity index (χ2n) is 2.51. The van der Waals surface area contributed by atoms with Crippen LogP contribution in [0.4, 0.5) is 0 Å². The highest BCUT2D eigenvalue weighted by atomic mass is 32.2. The molecular formula is C9H10NO2S+. The molecule has 1 aliphatic carbocycles. The van der Waals surface area contributed by atoms with E-state index < -0.39 is 4.92 Å². The van der Waals surface area contributed by atoms with Gasteiger partial charge in [-0.05, 0) is 6.26 Å². The van der Waals surface area contributed by atoms with E-state index >= 15 is 0 Å². The van der Waals surface area contributed by atoms with Crippen LogP contribution < -0.4 is 0 Å². The number of nitrogens with zero attached hydrogens (tertiary/aromatic N) is 1. The van der Waals surface area contributed by atoms with Gasteiger partial charge in [0, 0.05) is 24.3 Å². The quantitative estimate of drug-likeness (QED) is 0.395. The Morgan fingerprint density at radius 2 is 2.46 bits per heavy atom.